The number of fused-ring (bicyclic) bond motifs is 1. The van der Waals surface area contributed by atoms with Crippen molar-refractivity contribution in [3.8, 4) is 5.75 Å². The highest BCUT2D eigenvalue weighted by atomic mass is 16.5. The van der Waals surface area contributed by atoms with Crippen molar-refractivity contribution in [2.24, 2.45) is 0 Å². The highest BCUT2D eigenvalue weighted by Gasteiger charge is 2.35. The molecule has 0 saturated carbocycles. The first kappa shape index (κ1) is 16.1. The Hall–Kier alpha value is -2.37. The van der Waals surface area contributed by atoms with Crippen molar-refractivity contribution in [3.63, 3.8) is 0 Å². The van der Waals surface area contributed by atoms with Gasteiger partial charge in [-0.2, -0.15) is 4.98 Å². The van der Waals surface area contributed by atoms with E-state index in [1.807, 2.05) is 30.0 Å². The lowest BCUT2D eigenvalue weighted by Crippen LogP contribution is -2.32. The molecule has 0 spiro atoms. The third kappa shape index (κ3) is 3.13. The third-order valence-electron chi connectivity index (χ3n) is 5.16. The Morgan fingerprint density at radius 3 is 3.04 bits per heavy atom. The Labute approximate surface area is 147 Å². The molecule has 1 fully saturated rings. The molecule has 132 valence electrons. The van der Waals surface area contributed by atoms with Crippen LogP contribution < -0.4 is 4.74 Å². The van der Waals surface area contributed by atoms with Gasteiger partial charge in [-0.3, -0.25) is 4.79 Å². The molecule has 0 unspecified atom stereocenters. The van der Waals surface area contributed by atoms with Gasteiger partial charge in [-0.25, -0.2) is 0 Å². The molecule has 0 aliphatic carbocycles. The number of carbonyl (C=O) groups is 1. The van der Waals surface area contributed by atoms with E-state index in [0.717, 1.165) is 37.1 Å². The number of nitrogens with zero attached hydrogens (tertiary/aromatic N) is 3. The topological polar surface area (TPSA) is 68.5 Å². The van der Waals surface area contributed by atoms with Crippen LogP contribution in [0.2, 0.25) is 0 Å². The number of amides is 1. The largest absolute Gasteiger partial charge is 0.493 e. The minimum atomic E-state index is -0.0494. The van der Waals surface area contributed by atoms with Crippen LogP contribution in [0.25, 0.3) is 0 Å². The molecule has 2 aliphatic rings. The number of hydrogen-bond acceptors (Lipinski definition) is 5. The van der Waals surface area contributed by atoms with Crippen molar-refractivity contribution in [1.29, 1.82) is 0 Å². The monoisotopic (exact) mass is 341 g/mol. The third-order valence-corrected chi connectivity index (χ3v) is 5.16. The van der Waals surface area contributed by atoms with E-state index in [4.69, 9.17) is 9.26 Å². The lowest BCUT2D eigenvalue weighted by atomic mass is 9.90. The van der Waals surface area contributed by atoms with E-state index < -0.39 is 0 Å². The molecule has 4 rings (SSSR count). The van der Waals surface area contributed by atoms with E-state index in [1.54, 1.807) is 0 Å². The van der Waals surface area contributed by atoms with Crippen LogP contribution in [-0.2, 0) is 11.2 Å². The second-order valence-electron chi connectivity index (χ2n) is 6.72. The number of aromatic nitrogens is 2. The lowest BCUT2D eigenvalue weighted by Gasteiger charge is -2.28. The fourth-order valence-corrected chi connectivity index (χ4v) is 3.84. The van der Waals surface area contributed by atoms with Crippen molar-refractivity contribution in [1.82, 2.24) is 15.0 Å². The van der Waals surface area contributed by atoms with Crippen LogP contribution in [-0.4, -0.2) is 34.1 Å². The molecule has 2 atom stereocenters. The normalized spacial score (nSPS) is 22.5. The maximum absolute atomic E-state index is 13.0. The van der Waals surface area contributed by atoms with E-state index in [2.05, 4.69) is 16.2 Å². The number of rotatable bonds is 4. The second kappa shape index (κ2) is 6.86. The standard InChI is InChI=1S/C19H23N3O3/c1-2-17-20-19(21-25-17)15-7-5-10-22(15)18(23)12-13-9-11-24-16-8-4-3-6-14(13)16/h3-4,6,8,13,15H,2,5,7,9-12H2,1H3/t13-,15-/m0/s1. The van der Waals surface area contributed by atoms with E-state index in [-0.39, 0.29) is 17.9 Å². The highest BCUT2D eigenvalue weighted by molar-refractivity contribution is 5.78. The zero-order valence-electron chi connectivity index (χ0n) is 14.5. The number of carbonyl (C=O) groups excluding carboxylic acids is 1. The maximum Gasteiger partial charge on any atom is 0.226 e. The molecule has 6 heteroatoms. The molecule has 2 aliphatic heterocycles. The Balaban J connectivity index is 1.49. The number of para-hydroxylation sites is 1. The van der Waals surface area contributed by atoms with Crippen LogP contribution in [0.5, 0.6) is 5.75 Å². The van der Waals surface area contributed by atoms with Gasteiger partial charge in [0.2, 0.25) is 11.8 Å². The van der Waals surface area contributed by atoms with Crippen LogP contribution in [0, 0.1) is 0 Å². The summed E-state index contributed by atoms with van der Waals surface area (Å²) < 4.78 is 10.9. The van der Waals surface area contributed by atoms with Gasteiger partial charge < -0.3 is 14.2 Å². The van der Waals surface area contributed by atoms with Crippen molar-refractivity contribution >= 4 is 5.91 Å². The molecule has 3 heterocycles. The van der Waals surface area contributed by atoms with Crippen molar-refractivity contribution in [3.05, 3.63) is 41.5 Å². The highest BCUT2D eigenvalue weighted by Crippen LogP contribution is 2.38. The van der Waals surface area contributed by atoms with E-state index >= 15 is 0 Å². The van der Waals surface area contributed by atoms with Gasteiger partial charge in [-0.15, -0.1) is 0 Å². The first-order valence-corrected chi connectivity index (χ1v) is 9.10. The Morgan fingerprint density at radius 1 is 1.32 bits per heavy atom. The fraction of sp³-hybridized carbons (Fsp3) is 0.526. The van der Waals surface area contributed by atoms with Crippen molar-refractivity contribution in [2.75, 3.05) is 13.2 Å². The van der Waals surface area contributed by atoms with Gasteiger partial charge in [0, 0.05) is 19.4 Å². The lowest BCUT2D eigenvalue weighted by molar-refractivity contribution is -0.132. The molecule has 0 bridgehead atoms. The van der Waals surface area contributed by atoms with E-state index in [9.17, 15) is 4.79 Å². The summed E-state index contributed by atoms with van der Waals surface area (Å²) in [5.41, 5.74) is 1.14. The van der Waals surface area contributed by atoms with Gasteiger partial charge >= 0.3 is 0 Å². The minimum Gasteiger partial charge on any atom is -0.493 e. The summed E-state index contributed by atoms with van der Waals surface area (Å²) in [6.07, 6.45) is 3.99. The van der Waals surface area contributed by atoms with Gasteiger partial charge in [-0.1, -0.05) is 30.3 Å². The van der Waals surface area contributed by atoms with Gasteiger partial charge in [0.1, 0.15) is 5.75 Å². The molecule has 0 N–H and O–H groups in total. The summed E-state index contributed by atoms with van der Waals surface area (Å²) >= 11 is 0. The average Bonchev–Trinajstić information content (AvgIpc) is 3.31. The van der Waals surface area contributed by atoms with Crippen LogP contribution in [0.1, 0.15) is 61.8 Å². The Bertz CT molecular complexity index is 758. The van der Waals surface area contributed by atoms with Crippen LogP contribution in [0.4, 0.5) is 0 Å². The van der Waals surface area contributed by atoms with Gasteiger partial charge in [0.25, 0.3) is 0 Å². The van der Waals surface area contributed by atoms with Gasteiger partial charge in [0.15, 0.2) is 5.82 Å². The van der Waals surface area contributed by atoms with Crippen molar-refractivity contribution in [2.45, 2.75) is 51.0 Å². The van der Waals surface area contributed by atoms with Crippen molar-refractivity contribution < 1.29 is 14.1 Å². The first-order chi connectivity index (χ1) is 12.3. The minimum absolute atomic E-state index is 0.0494. The smallest absolute Gasteiger partial charge is 0.226 e. The SMILES string of the molecule is CCc1nc([C@@H]2CCCN2C(=O)C[C@@H]2CCOc3ccccc32)no1. The number of likely N-dealkylation sites (tertiary alicyclic amines) is 1. The molecule has 1 aromatic heterocycles. The quantitative estimate of drug-likeness (QED) is 0.854. The summed E-state index contributed by atoms with van der Waals surface area (Å²) in [4.78, 5) is 19.3. The van der Waals surface area contributed by atoms with Gasteiger partial charge in [-0.05, 0) is 36.8 Å². The van der Waals surface area contributed by atoms with E-state index in [0.29, 0.717) is 31.2 Å². The molecule has 1 aromatic carbocycles. The molecule has 0 radical (unpaired) electrons. The predicted molar refractivity (Wildman–Crippen MR) is 91.3 cm³/mol. The van der Waals surface area contributed by atoms with E-state index in [1.165, 1.54) is 0 Å². The summed E-state index contributed by atoms with van der Waals surface area (Å²) in [6.45, 7) is 3.42. The zero-order chi connectivity index (χ0) is 17.2. The molecule has 6 nitrogen and oxygen atoms in total. The number of aryl methyl sites for hydroxylation is 1. The molecular formula is C19H23N3O3. The van der Waals surface area contributed by atoms with Gasteiger partial charge in [0.05, 0.1) is 12.6 Å². The summed E-state index contributed by atoms with van der Waals surface area (Å²) in [5.74, 6) is 2.58. The average molecular weight is 341 g/mol. The number of ether oxygens (including phenoxy) is 1. The maximum atomic E-state index is 13.0. The second-order valence-corrected chi connectivity index (χ2v) is 6.72. The summed E-state index contributed by atoms with van der Waals surface area (Å²) in [6, 6.07) is 7.99. The summed E-state index contributed by atoms with van der Waals surface area (Å²) in [7, 11) is 0. The number of benzene rings is 1. The molecule has 1 saturated heterocycles. The first-order valence-electron chi connectivity index (χ1n) is 9.10. The summed E-state index contributed by atoms with van der Waals surface area (Å²) in [5, 5.41) is 4.08. The molecule has 2 aromatic rings. The number of hydrogen-bond donors (Lipinski definition) is 0. The van der Waals surface area contributed by atoms with Crippen LogP contribution in [0.3, 0.4) is 0 Å². The zero-order valence-corrected chi connectivity index (χ0v) is 14.5. The Morgan fingerprint density at radius 2 is 2.20 bits per heavy atom. The molecular weight excluding hydrogens is 318 g/mol. The molecule has 25 heavy (non-hydrogen) atoms. The predicted octanol–water partition coefficient (Wildman–Crippen LogP) is 3.25. The van der Waals surface area contributed by atoms with Crippen LogP contribution in [0.15, 0.2) is 28.8 Å². The van der Waals surface area contributed by atoms with Crippen LogP contribution >= 0.6 is 0 Å². The molecule has 1 amide bonds. The Kier molecular flexibility index (Phi) is 4.42. The fourth-order valence-electron chi connectivity index (χ4n) is 3.84.